The fourth-order valence-corrected chi connectivity index (χ4v) is 0.730. The van der Waals surface area contributed by atoms with Gasteiger partial charge in [0.1, 0.15) is 11.8 Å². The third-order valence-corrected chi connectivity index (χ3v) is 1.23. The van der Waals surface area contributed by atoms with Gasteiger partial charge in [0.25, 0.3) is 0 Å². The van der Waals surface area contributed by atoms with Crippen molar-refractivity contribution in [3.05, 3.63) is 24.0 Å². The second kappa shape index (κ2) is 2.88. The van der Waals surface area contributed by atoms with E-state index in [0.29, 0.717) is 0 Å². The summed E-state index contributed by atoms with van der Waals surface area (Å²) in [4.78, 5) is 10.8. The van der Waals surface area contributed by atoms with Gasteiger partial charge in [0.05, 0.1) is 7.11 Å². The first-order valence-corrected chi connectivity index (χ1v) is 2.95. The number of aromatic nitrogens is 1. The van der Waals surface area contributed by atoms with Crippen molar-refractivity contribution in [1.82, 2.24) is 4.57 Å². The second-order valence-electron chi connectivity index (χ2n) is 1.85. The molecule has 0 unspecified atom stereocenters. The molecule has 1 heterocycles. The van der Waals surface area contributed by atoms with Gasteiger partial charge >= 0.3 is 6.09 Å². The molecule has 0 N–H and O–H groups in total. The zero-order valence-corrected chi connectivity index (χ0v) is 5.94. The summed E-state index contributed by atoms with van der Waals surface area (Å²) in [6.45, 7) is 0. The van der Waals surface area contributed by atoms with Gasteiger partial charge in [-0.05, 0) is 12.1 Å². The van der Waals surface area contributed by atoms with E-state index in [1.807, 2.05) is 6.07 Å². The third-order valence-electron chi connectivity index (χ3n) is 1.23. The maximum absolute atomic E-state index is 10.8. The number of ether oxygens (including phenoxy) is 1. The topological polar surface area (TPSA) is 55.0 Å². The van der Waals surface area contributed by atoms with Gasteiger partial charge in [-0.1, -0.05) is 0 Å². The standard InChI is InChI=1S/C7H6N2O2/c1-11-7(10)9-4-2-3-6(9)5-8/h2-4H,1H3. The molecule has 0 saturated heterocycles. The minimum atomic E-state index is -0.549. The van der Waals surface area contributed by atoms with Gasteiger partial charge < -0.3 is 4.74 Å². The molecule has 56 valence electrons. The van der Waals surface area contributed by atoms with Crippen molar-refractivity contribution in [2.45, 2.75) is 0 Å². The van der Waals surface area contributed by atoms with E-state index < -0.39 is 6.09 Å². The fraction of sp³-hybridized carbons (Fsp3) is 0.143. The first-order chi connectivity index (χ1) is 5.29. The van der Waals surface area contributed by atoms with Crippen LogP contribution in [0.1, 0.15) is 5.69 Å². The Morgan fingerprint density at radius 2 is 2.55 bits per heavy atom. The lowest BCUT2D eigenvalue weighted by Gasteiger charge is -1.98. The molecule has 0 saturated carbocycles. The van der Waals surface area contributed by atoms with Crippen molar-refractivity contribution >= 4 is 6.09 Å². The molecule has 0 atom stereocenters. The van der Waals surface area contributed by atoms with E-state index in [9.17, 15) is 4.79 Å². The van der Waals surface area contributed by atoms with E-state index in [0.717, 1.165) is 4.57 Å². The van der Waals surface area contributed by atoms with E-state index in [1.165, 1.54) is 19.4 Å². The third kappa shape index (κ3) is 1.22. The molecule has 1 aromatic rings. The minimum Gasteiger partial charge on any atom is -0.452 e. The zero-order chi connectivity index (χ0) is 8.27. The SMILES string of the molecule is COC(=O)n1cccc1C#N. The van der Waals surface area contributed by atoms with Crippen molar-refractivity contribution in [3.63, 3.8) is 0 Å². The predicted molar refractivity (Wildman–Crippen MR) is 37.0 cm³/mol. The maximum atomic E-state index is 10.8. The summed E-state index contributed by atoms with van der Waals surface area (Å²) in [5.41, 5.74) is 0.275. The molecule has 0 aliphatic rings. The molecule has 0 aliphatic heterocycles. The van der Waals surface area contributed by atoms with E-state index in [4.69, 9.17) is 5.26 Å². The number of nitrogens with zero attached hydrogens (tertiary/aromatic N) is 2. The molecular weight excluding hydrogens is 144 g/mol. The molecule has 0 bridgehead atoms. The number of hydrogen-bond acceptors (Lipinski definition) is 3. The zero-order valence-electron chi connectivity index (χ0n) is 5.94. The number of hydrogen-bond donors (Lipinski definition) is 0. The summed E-state index contributed by atoms with van der Waals surface area (Å²) >= 11 is 0. The van der Waals surface area contributed by atoms with Gasteiger partial charge in [0.2, 0.25) is 0 Å². The van der Waals surface area contributed by atoms with Crippen molar-refractivity contribution < 1.29 is 9.53 Å². The molecule has 4 nitrogen and oxygen atoms in total. The summed E-state index contributed by atoms with van der Waals surface area (Å²) in [5, 5.41) is 8.47. The van der Waals surface area contributed by atoms with Crippen LogP contribution >= 0.6 is 0 Å². The smallest absolute Gasteiger partial charge is 0.418 e. The molecule has 1 rings (SSSR count). The summed E-state index contributed by atoms with van der Waals surface area (Å²) in [7, 11) is 1.27. The van der Waals surface area contributed by atoms with Gasteiger partial charge in [-0.2, -0.15) is 5.26 Å². The first kappa shape index (κ1) is 7.35. The average Bonchev–Trinajstić information content (AvgIpc) is 2.50. The van der Waals surface area contributed by atoms with E-state index in [2.05, 4.69) is 4.74 Å². The highest BCUT2D eigenvalue weighted by Crippen LogP contribution is 2.00. The molecule has 0 aliphatic carbocycles. The van der Waals surface area contributed by atoms with Crippen molar-refractivity contribution in [3.8, 4) is 6.07 Å². The van der Waals surface area contributed by atoms with Crippen LogP contribution < -0.4 is 0 Å². The highest BCUT2D eigenvalue weighted by molar-refractivity contribution is 5.72. The van der Waals surface area contributed by atoms with Crippen molar-refractivity contribution in [2.75, 3.05) is 7.11 Å². The molecule has 1 aromatic heterocycles. The van der Waals surface area contributed by atoms with Crippen LogP contribution in [-0.4, -0.2) is 17.8 Å². The molecule has 0 spiro atoms. The lowest BCUT2D eigenvalue weighted by atomic mass is 10.5. The summed E-state index contributed by atoms with van der Waals surface area (Å²) in [6, 6.07) is 5.00. The van der Waals surface area contributed by atoms with Crippen LogP contribution in [-0.2, 0) is 4.74 Å². The summed E-state index contributed by atoms with van der Waals surface area (Å²) in [6.07, 6.45) is 0.927. The largest absolute Gasteiger partial charge is 0.452 e. The normalized spacial score (nSPS) is 8.73. The van der Waals surface area contributed by atoms with Crippen LogP contribution in [0.25, 0.3) is 0 Å². The molecule has 0 radical (unpaired) electrons. The molecule has 0 fully saturated rings. The quantitative estimate of drug-likeness (QED) is 0.553. The van der Waals surface area contributed by atoms with Gasteiger partial charge in [-0.25, -0.2) is 9.36 Å². The van der Waals surface area contributed by atoms with Crippen LogP contribution in [0.3, 0.4) is 0 Å². The van der Waals surface area contributed by atoms with Crippen LogP contribution in [0.15, 0.2) is 18.3 Å². The molecular formula is C7H6N2O2. The van der Waals surface area contributed by atoms with Gasteiger partial charge in [0.15, 0.2) is 0 Å². The monoisotopic (exact) mass is 150 g/mol. The number of methoxy groups -OCH3 is 1. The molecule has 4 heteroatoms. The molecule has 0 aromatic carbocycles. The minimum absolute atomic E-state index is 0.275. The lowest BCUT2D eigenvalue weighted by molar-refractivity contribution is 0.172. The van der Waals surface area contributed by atoms with E-state index >= 15 is 0 Å². The Morgan fingerprint density at radius 3 is 3.09 bits per heavy atom. The summed E-state index contributed by atoms with van der Waals surface area (Å²) < 4.78 is 5.55. The van der Waals surface area contributed by atoms with Crippen molar-refractivity contribution in [2.24, 2.45) is 0 Å². The molecule has 0 amide bonds. The first-order valence-electron chi connectivity index (χ1n) is 2.95. The van der Waals surface area contributed by atoms with Crippen molar-refractivity contribution in [1.29, 1.82) is 5.26 Å². The Labute approximate surface area is 63.6 Å². The number of nitriles is 1. The number of rotatable bonds is 0. The number of carbonyl (C=O) groups is 1. The number of carbonyl (C=O) groups excluding carboxylic acids is 1. The Morgan fingerprint density at radius 1 is 1.82 bits per heavy atom. The Balaban J connectivity index is 3.05. The average molecular weight is 150 g/mol. The Bertz CT molecular complexity index is 308. The van der Waals surface area contributed by atoms with Crippen LogP contribution in [0.2, 0.25) is 0 Å². The van der Waals surface area contributed by atoms with Crippen LogP contribution in [0.5, 0.6) is 0 Å². The highest BCUT2D eigenvalue weighted by atomic mass is 16.5. The molecule has 11 heavy (non-hydrogen) atoms. The lowest BCUT2D eigenvalue weighted by Crippen LogP contribution is -2.11. The van der Waals surface area contributed by atoms with Gasteiger partial charge in [0, 0.05) is 6.20 Å². The fourth-order valence-electron chi connectivity index (χ4n) is 0.730. The predicted octanol–water partition coefficient (Wildman–Crippen LogP) is 0.974. The van der Waals surface area contributed by atoms with E-state index in [1.54, 1.807) is 6.07 Å². The second-order valence-corrected chi connectivity index (χ2v) is 1.85. The van der Waals surface area contributed by atoms with E-state index in [-0.39, 0.29) is 5.69 Å². The van der Waals surface area contributed by atoms with Crippen LogP contribution in [0, 0.1) is 11.3 Å². The Hall–Kier alpha value is -1.76. The Kier molecular flexibility index (Phi) is 1.93. The highest BCUT2D eigenvalue weighted by Gasteiger charge is 2.06. The maximum Gasteiger partial charge on any atom is 0.418 e. The van der Waals surface area contributed by atoms with Gasteiger partial charge in [-0.3, -0.25) is 0 Å². The van der Waals surface area contributed by atoms with Crippen LogP contribution in [0.4, 0.5) is 4.79 Å². The summed E-state index contributed by atoms with van der Waals surface area (Å²) in [5.74, 6) is 0. The van der Waals surface area contributed by atoms with Gasteiger partial charge in [-0.15, -0.1) is 0 Å².